The van der Waals surface area contributed by atoms with Gasteiger partial charge in [0.25, 0.3) is 0 Å². The quantitative estimate of drug-likeness (QED) is 0.102. The Morgan fingerprint density at radius 3 is 1.44 bits per heavy atom. The van der Waals surface area contributed by atoms with E-state index < -0.39 is 38.9 Å². The first kappa shape index (κ1) is 34.3. The van der Waals surface area contributed by atoms with Crippen LogP contribution in [0.2, 0.25) is 0 Å². The number of esters is 4. The summed E-state index contributed by atoms with van der Waals surface area (Å²) < 4.78 is 54.5. The number of carbonyl (C=O) groups excluding carboxylic acids is 4. The van der Waals surface area contributed by atoms with E-state index in [1.165, 1.54) is 31.4 Å². The van der Waals surface area contributed by atoms with Gasteiger partial charge in [0, 0.05) is 0 Å². The van der Waals surface area contributed by atoms with Gasteiger partial charge in [0.2, 0.25) is 0 Å². The molecule has 0 aromatic heterocycles. The zero-order valence-electron chi connectivity index (χ0n) is 22.1. The van der Waals surface area contributed by atoms with Crippen LogP contribution >= 0.6 is 0 Å². The zero-order valence-corrected chi connectivity index (χ0v) is 24.9. The number of hydrogen-bond donors (Lipinski definition) is 0. The van der Waals surface area contributed by atoms with Crippen molar-refractivity contribution in [3.63, 3.8) is 0 Å². The molecule has 0 radical (unpaired) electrons. The molecule has 0 heterocycles. The van der Waals surface area contributed by atoms with E-state index in [1.807, 2.05) is 6.92 Å². The van der Waals surface area contributed by atoms with E-state index in [0.29, 0.717) is 24.8 Å². The summed E-state index contributed by atoms with van der Waals surface area (Å²) in [4.78, 5) is 47.5. The van der Waals surface area contributed by atoms with Gasteiger partial charge in [-0.05, 0) is 61.7 Å². The van der Waals surface area contributed by atoms with Gasteiger partial charge < -0.3 is 23.5 Å². The van der Waals surface area contributed by atoms with E-state index in [2.05, 4.69) is 4.74 Å². The van der Waals surface area contributed by atoms with Crippen LogP contribution in [0, 0.1) is 0 Å². The molecule has 2 rings (SSSR count). The van der Waals surface area contributed by atoms with Gasteiger partial charge in [-0.1, -0.05) is 19.8 Å². The number of unbranched alkanes of at least 4 members (excludes halogenated alkanes) is 3. The smallest absolute Gasteiger partial charge is 0.744 e. The van der Waals surface area contributed by atoms with Gasteiger partial charge in [-0.15, -0.1) is 0 Å². The van der Waals surface area contributed by atoms with Crippen molar-refractivity contribution in [1.82, 2.24) is 0 Å². The molecule has 0 aliphatic rings. The fraction of sp³-hybridized carbons (Fsp3) is 0.385. The molecule has 0 saturated carbocycles. The first-order valence-electron chi connectivity index (χ1n) is 11.9. The van der Waals surface area contributed by atoms with Crippen LogP contribution in [0.5, 0.6) is 0 Å². The van der Waals surface area contributed by atoms with Crippen molar-refractivity contribution in [2.75, 3.05) is 26.9 Å². The van der Waals surface area contributed by atoms with Crippen molar-refractivity contribution in [1.29, 1.82) is 0 Å². The number of hydrogen-bond acceptors (Lipinski definition) is 11. The average molecular weight is 573 g/mol. The summed E-state index contributed by atoms with van der Waals surface area (Å²) in [5.74, 6) is -2.91. The summed E-state index contributed by atoms with van der Waals surface area (Å²) in [5, 5.41) is 0. The first-order valence-corrected chi connectivity index (χ1v) is 13.3. The molecule has 0 aliphatic heterocycles. The fourth-order valence-corrected chi connectivity index (χ4v) is 3.68. The van der Waals surface area contributed by atoms with E-state index in [1.54, 1.807) is 0 Å². The van der Waals surface area contributed by atoms with E-state index >= 15 is 0 Å². The van der Waals surface area contributed by atoms with Crippen molar-refractivity contribution in [3.8, 4) is 0 Å². The van der Waals surface area contributed by atoms with Crippen LogP contribution in [0.15, 0.2) is 47.4 Å². The maximum Gasteiger partial charge on any atom is 1.00 e. The summed E-state index contributed by atoms with van der Waals surface area (Å²) in [5.41, 5.74) is -0.00149. The molecule has 0 N–H and O–H groups in total. The standard InChI is InChI=1S/C26H30O11S.Na/c1-3-4-5-12-36-25(29)20-15-21(17-22(16-20)38(31,32)33)26(30)37-14-7-6-13-35-24(28)19-10-8-18(9-11-19)23(27)34-2;/h8-11,15-17H,3-7,12-14H2,1-2H3,(H,31,32,33);/q;+1/p-1. The van der Waals surface area contributed by atoms with Gasteiger partial charge in [-0.2, -0.15) is 0 Å². The minimum absolute atomic E-state index is 0. The SMILES string of the molecule is CCCCCOC(=O)c1cc(C(=O)OCCCCOC(=O)c2ccc(C(=O)OC)cc2)cc(S(=O)(=O)[O-])c1.[Na+]. The maximum atomic E-state index is 12.4. The number of benzene rings is 2. The summed E-state index contributed by atoms with van der Waals surface area (Å²) in [6.07, 6.45) is 3.03. The van der Waals surface area contributed by atoms with Crippen molar-refractivity contribution in [2.45, 2.75) is 43.9 Å². The van der Waals surface area contributed by atoms with Gasteiger partial charge in [0.15, 0.2) is 0 Å². The molecular formula is C26H29NaO11S. The number of ether oxygens (including phenoxy) is 4. The van der Waals surface area contributed by atoms with Crippen LogP contribution in [0.25, 0.3) is 0 Å². The average Bonchev–Trinajstić information content (AvgIpc) is 2.91. The van der Waals surface area contributed by atoms with E-state index in [9.17, 15) is 32.1 Å². The predicted octanol–water partition coefficient (Wildman–Crippen LogP) is 0.522. The number of methoxy groups -OCH3 is 1. The Morgan fingerprint density at radius 2 is 1.05 bits per heavy atom. The molecule has 39 heavy (non-hydrogen) atoms. The van der Waals surface area contributed by atoms with Crippen LogP contribution in [0.3, 0.4) is 0 Å². The molecule has 206 valence electrons. The number of carbonyl (C=O) groups is 4. The molecule has 2 aromatic rings. The molecule has 13 heteroatoms. The second-order valence-electron chi connectivity index (χ2n) is 8.09. The van der Waals surface area contributed by atoms with Crippen molar-refractivity contribution >= 4 is 34.0 Å². The van der Waals surface area contributed by atoms with Crippen LogP contribution in [-0.2, 0) is 29.1 Å². The van der Waals surface area contributed by atoms with Gasteiger partial charge in [0.1, 0.15) is 10.1 Å². The fourth-order valence-electron chi connectivity index (χ4n) is 3.14. The van der Waals surface area contributed by atoms with Gasteiger partial charge in [-0.3, -0.25) is 0 Å². The first-order chi connectivity index (χ1) is 18.1. The van der Waals surface area contributed by atoms with Crippen LogP contribution < -0.4 is 29.6 Å². The summed E-state index contributed by atoms with van der Waals surface area (Å²) in [7, 11) is -3.70. The van der Waals surface area contributed by atoms with Crippen molar-refractivity contribution in [2.24, 2.45) is 0 Å². The topological polar surface area (TPSA) is 162 Å². The second kappa shape index (κ2) is 17.0. The van der Waals surface area contributed by atoms with Crippen LogP contribution in [-0.4, -0.2) is 63.8 Å². The molecule has 0 fully saturated rings. The Balaban J connectivity index is 0.00000760. The summed E-state index contributed by atoms with van der Waals surface area (Å²) in [6, 6.07) is 8.54. The minimum atomic E-state index is -4.95. The Kier molecular flexibility index (Phi) is 15.0. The molecule has 0 bridgehead atoms. The Labute approximate surface area is 249 Å². The normalized spacial score (nSPS) is 10.6. The Morgan fingerprint density at radius 1 is 0.667 bits per heavy atom. The van der Waals surface area contributed by atoms with Gasteiger partial charge >= 0.3 is 53.4 Å². The van der Waals surface area contributed by atoms with E-state index in [4.69, 9.17) is 14.2 Å². The third-order valence-corrected chi connectivity index (χ3v) is 6.01. The van der Waals surface area contributed by atoms with Crippen molar-refractivity contribution in [3.05, 3.63) is 64.7 Å². The Bertz CT molecular complexity index is 1240. The molecule has 0 spiro atoms. The minimum Gasteiger partial charge on any atom is -0.744 e. The molecule has 0 atom stereocenters. The monoisotopic (exact) mass is 572 g/mol. The molecule has 0 unspecified atom stereocenters. The zero-order chi connectivity index (χ0) is 28.1. The molecule has 2 aromatic carbocycles. The maximum absolute atomic E-state index is 12.4. The third kappa shape index (κ3) is 11.5. The second-order valence-corrected chi connectivity index (χ2v) is 9.47. The molecule has 11 nitrogen and oxygen atoms in total. The van der Waals surface area contributed by atoms with Crippen LogP contribution in [0.1, 0.15) is 80.5 Å². The Hall–Kier alpha value is -2.77. The summed E-state index contributed by atoms with van der Waals surface area (Å²) in [6.45, 7) is 2.04. The predicted molar refractivity (Wildman–Crippen MR) is 132 cm³/mol. The van der Waals surface area contributed by atoms with E-state index in [-0.39, 0.29) is 66.1 Å². The molecule has 0 aliphatic carbocycles. The molecule has 0 amide bonds. The summed E-state index contributed by atoms with van der Waals surface area (Å²) >= 11 is 0. The molecule has 0 saturated heterocycles. The van der Waals surface area contributed by atoms with Crippen molar-refractivity contribution < 1.29 is 80.7 Å². The van der Waals surface area contributed by atoms with Gasteiger partial charge in [-0.25, -0.2) is 27.6 Å². The van der Waals surface area contributed by atoms with Crippen LogP contribution in [0.4, 0.5) is 0 Å². The largest absolute Gasteiger partial charge is 1.00 e. The molecular weight excluding hydrogens is 543 g/mol. The van der Waals surface area contributed by atoms with Gasteiger partial charge in [0.05, 0.1) is 54.1 Å². The number of rotatable bonds is 14. The third-order valence-electron chi connectivity index (χ3n) is 5.19. The van der Waals surface area contributed by atoms with E-state index in [0.717, 1.165) is 31.0 Å².